The van der Waals surface area contributed by atoms with Crippen molar-refractivity contribution in [3.63, 3.8) is 0 Å². The number of hydrogen-bond acceptors (Lipinski definition) is 4. The summed E-state index contributed by atoms with van der Waals surface area (Å²) in [6.45, 7) is 2.47. The van der Waals surface area contributed by atoms with E-state index in [1.165, 1.54) is 6.07 Å². The number of aryl methyl sites for hydroxylation is 1. The highest BCUT2D eigenvalue weighted by Gasteiger charge is 2.30. The number of carbonyl (C=O) groups excluding carboxylic acids is 1. The van der Waals surface area contributed by atoms with Gasteiger partial charge in [0, 0.05) is 19.7 Å². The van der Waals surface area contributed by atoms with Crippen molar-refractivity contribution in [3.8, 4) is 0 Å². The van der Waals surface area contributed by atoms with Crippen molar-refractivity contribution in [2.45, 2.75) is 19.4 Å². The summed E-state index contributed by atoms with van der Waals surface area (Å²) < 4.78 is 0. The van der Waals surface area contributed by atoms with E-state index >= 15 is 0 Å². The van der Waals surface area contributed by atoms with Crippen LogP contribution in [0.3, 0.4) is 0 Å². The molecule has 1 aliphatic rings. The Morgan fingerprint density at radius 2 is 2.22 bits per heavy atom. The van der Waals surface area contributed by atoms with Crippen LogP contribution in [0.25, 0.3) is 0 Å². The number of nitro benzene ring substituents is 1. The third kappa shape index (κ3) is 2.27. The lowest BCUT2D eigenvalue weighted by Crippen LogP contribution is -2.31. The monoisotopic (exact) mass is 249 g/mol. The Kier molecular flexibility index (Phi) is 3.18. The fraction of sp³-hybridized carbons (Fsp3) is 0.417. The van der Waals surface area contributed by atoms with Gasteiger partial charge in [0.2, 0.25) is 5.91 Å². The van der Waals surface area contributed by atoms with Gasteiger partial charge in [-0.2, -0.15) is 0 Å². The summed E-state index contributed by atoms with van der Waals surface area (Å²) in [6, 6.07) is 4.58. The molecule has 1 saturated heterocycles. The smallest absolute Gasteiger partial charge is 0.292 e. The molecule has 0 saturated carbocycles. The normalized spacial score (nSPS) is 19.1. The summed E-state index contributed by atoms with van der Waals surface area (Å²) in [5.41, 5.74) is 1.23. The lowest BCUT2D eigenvalue weighted by Gasteiger charge is -2.13. The molecule has 1 heterocycles. The van der Waals surface area contributed by atoms with Gasteiger partial charge in [-0.3, -0.25) is 14.9 Å². The molecule has 0 radical (unpaired) electrons. The van der Waals surface area contributed by atoms with Gasteiger partial charge in [-0.25, -0.2) is 0 Å². The first-order valence-electron chi connectivity index (χ1n) is 5.75. The molecule has 0 aliphatic carbocycles. The zero-order valence-corrected chi connectivity index (χ0v) is 10.3. The molecule has 6 heteroatoms. The van der Waals surface area contributed by atoms with Gasteiger partial charge in [-0.1, -0.05) is 6.07 Å². The number of nitrogens with zero attached hydrogens (tertiary/aromatic N) is 2. The van der Waals surface area contributed by atoms with Crippen molar-refractivity contribution in [2.75, 3.05) is 18.9 Å². The Morgan fingerprint density at radius 1 is 1.50 bits per heavy atom. The molecule has 0 bridgehead atoms. The van der Waals surface area contributed by atoms with Crippen LogP contribution in [-0.4, -0.2) is 35.4 Å². The Balaban J connectivity index is 2.24. The highest BCUT2D eigenvalue weighted by molar-refractivity contribution is 5.87. The van der Waals surface area contributed by atoms with Crippen molar-refractivity contribution < 1.29 is 9.72 Å². The van der Waals surface area contributed by atoms with Gasteiger partial charge in [0.05, 0.1) is 4.92 Å². The molecule has 1 fully saturated rings. The van der Waals surface area contributed by atoms with Crippen LogP contribution in [-0.2, 0) is 4.79 Å². The van der Waals surface area contributed by atoms with E-state index in [9.17, 15) is 14.9 Å². The Hall–Kier alpha value is -2.11. The molecule has 1 unspecified atom stereocenters. The van der Waals surface area contributed by atoms with Crippen molar-refractivity contribution in [1.29, 1.82) is 0 Å². The van der Waals surface area contributed by atoms with Crippen LogP contribution < -0.4 is 5.32 Å². The van der Waals surface area contributed by atoms with Crippen LogP contribution in [0, 0.1) is 17.0 Å². The number of nitrogens with one attached hydrogen (secondary N) is 1. The van der Waals surface area contributed by atoms with Gasteiger partial charge >= 0.3 is 0 Å². The fourth-order valence-electron chi connectivity index (χ4n) is 2.06. The Labute approximate surface area is 105 Å². The lowest BCUT2D eigenvalue weighted by atomic mass is 10.1. The van der Waals surface area contributed by atoms with Crippen LogP contribution >= 0.6 is 0 Å². The molecule has 1 amide bonds. The molecular formula is C12H15N3O3. The first kappa shape index (κ1) is 12.3. The van der Waals surface area contributed by atoms with E-state index in [0.29, 0.717) is 18.7 Å². The molecule has 1 aromatic carbocycles. The predicted molar refractivity (Wildman–Crippen MR) is 67.5 cm³/mol. The highest BCUT2D eigenvalue weighted by atomic mass is 16.6. The molecule has 1 aromatic rings. The zero-order chi connectivity index (χ0) is 13.3. The summed E-state index contributed by atoms with van der Waals surface area (Å²) in [5, 5.41) is 13.9. The molecule has 6 nitrogen and oxygen atoms in total. The minimum absolute atomic E-state index is 0.0114. The Bertz CT molecular complexity index is 501. The van der Waals surface area contributed by atoms with E-state index < -0.39 is 4.92 Å². The predicted octanol–water partition coefficient (Wildman–Crippen LogP) is 1.55. The third-order valence-corrected chi connectivity index (χ3v) is 3.11. The average Bonchev–Trinajstić information content (AvgIpc) is 2.63. The van der Waals surface area contributed by atoms with Gasteiger partial charge in [0.1, 0.15) is 11.7 Å². The van der Waals surface area contributed by atoms with Gasteiger partial charge < -0.3 is 10.2 Å². The number of nitro groups is 1. The summed E-state index contributed by atoms with van der Waals surface area (Å²) in [4.78, 5) is 23.9. The summed E-state index contributed by atoms with van der Waals surface area (Å²) >= 11 is 0. The minimum Gasteiger partial charge on any atom is -0.368 e. The number of amides is 1. The molecule has 1 atom stereocenters. The van der Waals surface area contributed by atoms with Crippen LogP contribution in [0.2, 0.25) is 0 Å². The van der Waals surface area contributed by atoms with E-state index in [1.54, 1.807) is 31.0 Å². The van der Waals surface area contributed by atoms with E-state index in [-0.39, 0.29) is 17.6 Å². The molecule has 18 heavy (non-hydrogen) atoms. The second-order valence-electron chi connectivity index (χ2n) is 4.52. The molecule has 1 aliphatic heterocycles. The van der Waals surface area contributed by atoms with Crippen molar-refractivity contribution in [1.82, 2.24) is 4.90 Å². The number of likely N-dealkylation sites (N-methyl/N-ethyl adjacent to an activating group) is 1. The van der Waals surface area contributed by atoms with E-state index in [1.807, 2.05) is 0 Å². The minimum atomic E-state index is -0.432. The van der Waals surface area contributed by atoms with Crippen LogP contribution in [0.5, 0.6) is 0 Å². The van der Waals surface area contributed by atoms with Gasteiger partial charge in [-0.15, -0.1) is 0 Å². The molecule has 0 spiro atoms. The molecule has 96 valence electrons. The van der Waals surface area contributed by atoms with Gasteiger partial charge in [-0.05, 0) is 25.0 Å². The topological polar surface area (TPSA) is 75.5 Å². The maximum atomic E-state index is 11.8. The number of rotatable bonds is 3. The summed E-state index contributed by atoms with van der Waals surface area (Å²) in [6.07, 6.45) is 0.667. The number of anilines is 1. The van der Waals surface area contributed by atoms with Crippen LogP contribution in [0.1, 0.15) is 12.0 Å². The maximum absolute atomic E-state index is 11.8. The summed E-state index contributed by atoms with van der Waals surface area (Å²) in [7, 11) is 1.73. The van der Waals surface area contributed by atoms with Crippen LogP contribution in [0.4, 0.5) is 11.4 Å². The fourth-order valence-corrected chi connectivity index (χ4v) is 2.06. The zero-order valence-electron chi connectivity index (χ0n) is 10.3. The number of benzene rings is 1. The lowest BCUT2D eigenvalue weighted by molar-refractivity contribution is -0.384. The molecule has 2 rings (SSSR count). The summed E-state index contributed by atoms with van der Waals surface area (Å²) in [5.74, 6) is -0.0233. The molecule has 0 aromatic heterocycles. The molecule has 1 N–H and O–H groups in total. The third-order valence-electron chi connectivity index (χ3n) is 3.11. The first-order valence-corrected chi connectivity index (χ1v) is 5.75. The van der Waals surface area contributed by atoms with Crippen LogP contribution in [0.15, 0.2) is 18.2 Å². The second-order valence-corrected chi connectivity index (χ2v) is 4.52. The van der Waals surface area contributed by atoms with Crippen molar-refractivity contribution in [2.24, 2.45) is 0 Å². The first-order chi connectivity index (χ1) is 8.49. The van der Waals surface area contributed by atoms with Gasteiger partial charge in [0.25, 0.3) is 5.69 Å². The standard InChI is InChI=1S/C12H15N3O3/c1-8-3-4-9(11(7-8)15(17)18)13-10-5-6-14(2)12(10)16/h3-4,7,10,13H,5-6H2,1-2H3. The van der Waals surface area contributed by atoms with E-state index in [4.69, 9.17) is 0 Å². The quantitative estimate of drug-likeness (QED) is 0.651. The van der Waals surface area contributed by atoms with E-state index in [2.05, 4.69) is 5.32 Å². The maximum Gasteiger partial charge on any atom is 0.292 e. The van der Waals surface area contributed by atoms with Gasteiger partial charge in [0.15, 0.2) is 0 Å². The highest BCUT2D eigenvalue weighted by Crippen LogP contribution is 2.27. The average molecular weight is 249 g/mol. The molecular weight excluding hydrogens is 234 g/mol. The van der Waals surface area contributed by atoms with Crippen molar-refractivity contribution in [3.05, 3.63) is 33.9 Å². The number of carbonyl (C=O) groups is 1. The second kappa shape index (κ2) is 4.64. The van der Waals surface area contributed by atoms with Crippen molar-refractivity contribution >= 4 is 17.3 Å². The largest absolute Gasteiger partial charge is 0.368 e. The number of hydrogen-bond donors (Lipinski definition) is 1. The SMILES string of the molecule is Cc1ccc(NC2CCN(C)C2=O)c([N+](=O)[O-])c1. The number of likely N-dealkylation sites (tertiary alicyclic amines) is 1. The Morgan fingerprint density at radius 3 is 2.78 bits per heavy atom. The van der Waals surface area contributed by atoms with E-state index in [0.717, 1.165) is 5.56 Å².